The first-order valence-corrected chi connectivity index (χ1v) is 6.33. The summed E-state index contributed by atoms with van der Waals surface area (Å²) in [5, 5.41) is 2.67. The normalized spacial score (nSPS) is 10.1. The molecule has 98 valence electrons. The van der Waals surface area contributed by atoms with Gasteiger partial charge in [-0.3, -0.25) is 4.79 Å². The summed E-state index contributed by atoms with van der Waals surface area (Å²) in [6.07, 6.45) is 2.99. The fourth-order valence-corrected chi connectivity index (χ4v) is 1.76. The topological polar surface area (TPSA) is 64.1 Å². The van der Waals surface area contributed by atoms with Gasteiger partial charge in [0.15, 0.2) is 5.82 Å². The molecule has 0 saturated carbocycles. The molecule has 0 atom stereocenters. The third-order valence-corrected chi connectivity index (χ3v) is 2.87. The van der Waals surface area contributed by atoms with Crippen LogP contribution in [0.25, 0.3) is 0 Å². The zero-order valence-electron chi connectivity index (χ0n) is 10.5. The lowest BCUT2D eigenvalue weighted by Gasteiger charge is -2.09. The Kier molecular flexibility index (Phi) is 4.11. The number of nitrogens with one attached hydrogen (secondary N) is 1. The minimum atomic E-state index is -0.280. The maximum atomic E-state index is 12.2. The van der Waals surface area contributed by atoms with Gasteiger partial charge in [0.25, 0.3) is 5.91 Å². The summed E-state index contributed by atoms with van der Waals surface area (Å²) in [6.45, 7) is 1.91. The zero-order valence-corrected chi connectivity index (χ0v) is 12.1. The molecule has 0 aliphatic heterocycles. The molecule has 5 nitrogen and oxygen atoms in total. The highest BCUT2D eigenvalue weighted by molar-refractivity contribution is 9.10. The molecule has 0 fully saturated rings. The molecule has 0 bridgehead atoms. The maximum absolute atomic E-state index is 12.2. The fraction of sp³-hybridized carbons (Fsp3) is 0.154. The summed E-state index contributed by atoms with van der Waals surface area (Å²) >= 11 is 3.18. The van der Waals surface area contributed by atoms with Crippen LogP contribution in [0.2, 0.25) is 0 Å². The minimum Gasteiger partial charge on any atom is -0.496 e. The van der Waals surface area contributed by atoms with Crippen LogP contribution in [0.5, 0.6) is 5.75 Å². The maximum Gasteiger partial charge on any atom is 0.260 e. The standard InChI is InChI=1S/C13H12BrN3O2/c1-8-3-4-10(19-2)9(5-8)13(18)17-12-7-15-11(14)6-16-12/h3-7H,1-2H3,(H,16,17,18). The number of aryl methyl sites for hydroxylation is 1. The van der Waals surface area contributed by atoms with Crippen LogP contribution in [0.15, 0.2) is 35.2 Å². The highest BCUT2D eigenvalue weighted by atomic mass is 79.9. The van der Waals surface area contributed by atoms with Gasteiger partial charge in [0.05, 0.1) is 25.1 Å². The van der Waals surface area contributed by atoms with Crippen molar-refractivity contribution in [3.05, 3.63) is 46.3 Å². The number of amides is 1. The van der Waals surface area contributed by atoms with Crippen molar-refractivity contribution in [3.8, 4) is 5.75 Å². The summed E-state index contributed by atoms with van der Waals surface area (Å²) in [4.78, 5) is 20.2. The number of ether oxygens (including phenoxy) is 1. The molecule has 2 aromatic rings. The number of hydrogen-bond acceptors (Lipinski definition) is 4. The van der Waals surface area contributed by atoms with E-state index in [0.29, 0.717) is 21.7 Å². The van der Waals surface area contributed by atoms with Crippen molar-refractivity contribution in [3.63, 3.8) is 0 Å². The van der Waals surface area contributed by atoms with E-state index in [-0.39, 0.29) is 5.91 Å². The Bertz CT molecular complexity index is 599. The lowest BCUT2D eigenvalue weighted by atomic mass is 10.1. The van der Waals surface area contributed by atoms with Crippen molar-refractivity contribution in [2.75, 3.05) is 12.4 Å². The Morgan fingerprint density at radius 2 is 2.11 bits per heavy atom. The van der Waals surface area contributed by atoms with Gasteiger partial charge >= 0.3 is 0 Å². The van der Waals surface area contributed by atoms with E-state index in [1.54, 1.807) is 12.1 Å². The number of methoxy groups -OCH3 is 1. The molecule has 1 amide bonds. The number of carbonyl (C=O) groups is 1. The lowest BCUT2D eigenvalue weighted by Crippen LogP contribution is -2.14. The number of halogens is 1. The molecular formula is C13H12BrN3O2. The van der Waals surface area contributed by atoms with Gasteiger partial charge in [-0.2, -0.15) is 0 Å². The van der Waals surface area contributed by atoms with Gasteiger partial charge in [-0.05, 0) is 35.0 Å². The SMILES string of the molecule is COc1ccc(C)cc1C(=O)Nc1cnc(Br)cn1. The summed E-state index contributed by atoms with van der Waals surface area (Å²) in [7, 11) is 1.53. The Morgan fingerprint density at radius 1 is 1.32 bits per heavy atom. The smallest absolute Gasteiger partial charge is 0.260 e. The van der Waals surface area contributed by atoms with Crippen molar-refractivity contribution in [2.24, 2.45) is 0 Å². The number of nitrogens with zero attached hydrogens (tertiary/aromatic N) is 2. The zero-order chi connectivity index (χ0) is 13.8. The molecular weight excluding hydrogens is 310 g/mol. The van der Waals surface area contributed by atoms with Crippen LogP contribution in [-0.4, -0.2) is 23.0 Å². The van der Waals surface area contributed by atoms with E-state index >= 15 is 0 Å². The number of hydrogen-bond donors (Lipinski definition) is 1. The molecule has 0 spiro atoms. The molecule has 1 aromatic carbocycles. The Balaban J connectivity index is 2.24. The van der Waals surface area contributed by atoms with E-state index in [1.165, 1.54) is 19.5 Å². The van der Waals surface area contributed by atoms with Crippen molar-refractivity contribution >= 4 is 27.7 Å². The molecule has 0 aliphatic carbocycles. The van der Waals surface area contributed by atoms with Gasteiger partial charge in [0, 0.05) is 0 Å². The van der Waals surface area contributed by atoms with Crippen molar-refractivity contribution in [1.82, 2.24) is 9.97 Å². The highest BCUT2D eigenvalue weighted by Gasteiger charge is 2.13. The largest absolute Gasteiger partial charge is 0.496 e. The van der Waals surface area contributed by atoms with E-state index in [4.69, 9.17) is 4.74 Å². The van der Waals surface area contributed by atoms with E-state index in [0.717, 1.165) is 5.56 Å². The third kappa shape index (κ3) is 3.29. The predicted molar refractivity (Wildman–Crippen MR) is 75.4 cm³/mol. The number of rotatable bonds is 3. The molecule has 0 saturated heterocycles. The van der Waals surface area contributed by atoms with Crippen LogP contribution in [0.3, 0.4) is 0 Å². The Morgan fingerprint density at radius 3 is 2.74 bits per heavy atom. The number of carbonyl (C=O) groups excluding carboxylic acids is 1. The molecule has 6 heteroatoms. The Hall–Kier alpha value is -1.95. The van der Waals surface area contributed by atoms with E-state index in [1.807, 2.05) is 13.0 Å². The van der Waals surface area contributed by atoms with Crippen LogP contribution in [-0.2, 0) is 0 Å². The first kappa shape index (κ1) is 13.5. The van der Waals surface area contributed by atoms with E-state index in [9.17, 15) is 4.79 Å². The summed E-state index contributed by atoms with van der Waals surface area (Å²) in [5.74, 6) is 0.627. The average Bonchev–Trinajstić information content (AvgIpc) is 2.41. The minimum absolute atomic E-state index is 0.280. The molecule has 2 rings (SSSR count). The highest BCUT2D eigenvalue weighted by Crippen LogP contribution is 2.20. The summed E-state index contributed by atoms with van der Waals surface area (Å²) in [6, 6.07) is 5.41. The molecule has 19 heavy (non-hydrogen) atoms. The molecule has 0 radical (unpaired) electrons. The van der Waals surface area contributed by atoms with Gasteiger partial charge in [-0.1, -0.05) is 11.6 Å². The fourth-order valence-electron chi connectivity index (χ4n) is 1.56. The molecule has 0 unspecified atom stereocenters. The van der Waals surface area contributed by atoms with Crippen LogP contribution in [0.1, 0.15) is 15.9 Å². The molecule has 0 aliphatic rings. The van der Waals surface area contributed by atoms with Gasteiger partial charge in [-0.15, -0.1) is 0 Å². The second-order valence-corrected chi connectivity index (χ2v) is 4.69. The molecule has 1 N–H and O–H groups in total. The van der Waals surface area contributed by atoms with Crippen molar-refractivity contribution in [1.29, 1.82) is 0 Å². The number of aromatic nitrogens is 2. The first-order valence-electron chi connectivity index (χ1n) is 5.53. The van der Waals surface area contributed by atoms with Crippen LogP contribution in [0.4, 0.5) is 5.82 Å². The van der Waals surface area contributed by atoms with E-state index < -0.39 is 0 Å². The third-order valence-electron chi connectivity index (χ3n) is 2.46. The second-order valence-electron chi connectivity index (χ2n) is 3.88. The van der Waals surface area contributed by atoms with Gasteiger partial charge < -0.3 is 10.1 Å². The monoisotopic (exact) mass is 321 g/mol. The van der Waals surface area contributed by atoms with Gasteiger partial charge in [0.1, 0.15) is 10.4 Å². The van der Waals surface area contributed by atoms with Crippen LogP contribution in [0, 0.1) is 6.92 Å². The quantitative estimate of drug-likeness (QED) is 0.944. The molecule has 1 aromatic heterocycles. The first-order chi connectivity index (χ1) is 9.10. The summed E-state index contributed by atoms with van der Waals surface area (Å²) < 4.78 is 5.78. The van der Waals surface area contributed by atoms with Gasteiger partial charge in [-0.25, -0.2) is 9.97 Å². The van der Waals surface area contributed by atoms with Crippen LogP contribution < -0.4 is 10.1 Å². The number of benzene rings is 1. The Labute approximate surface area is 119 Å². The molecule has 1 heterocycles. The van der Waals surface area contributed by atoms with Crippen molar-refractivity contribution < 1.29 is 9.53 Å². The predicted octanol–water partition coefficient (Wildman–Crippen LogP) is 2.81. The second kappa shape index (κ2) is 5.79. The van der Waals surface area contributed by atoms with Gasteiger partial charge in [0.2, 0.25) is 0 Å². The van der Waals surface area contributed by atoms with Crippen LogP contribution >= 0.6 is 15.9 Å². The van der Waals surface area contributed by atoms with Crippen molar-refractivity contribution in [2.45, 2.75) is 6.92 Å². The average molecular weight is 322 g/mol. The number of anilines is 1. The summed E-state index contributed by atoms with van der Waals surface area (Å²) in [5.41, 5.74) is 1.44. The van der Waals surface area contributed by atoms with E-state index in [2.05, 4.69) is 31.2 Å². The lowest BCUT2D eigenvalue weighted by molar-refractivity contribution is 0.102.